The molecular weight excluding hydrogens is 416 g/mol. The molecule has 0 atom stereocenters. The van der Waals surface area contributed by atoms with Crippen LogP contribution in [0.15, 0.2) is 79.4 Å². The van der Waals surface area contributed by atoms with Gasteiger partial charge in [0.2, 0.25) is 0 Å². The Hall–Kier alpha value is -4.20. The van der Waals surface area contributed by atoms with Crippen LogP contribution in [-0.2, 0) is 0 Å². The van der Waals surface area contributed by atoms with E-state index in [2.05, 4.69) is 32.6 Å². The summed E-state index contributed by atoms with van der Waals surface area (Å²) in [5, 5.41) is 10.3. The Labute approximate surface area is 192 Å². The third-order valence-electron chi connectivity index (χ3n) is 4.94. The van der Waals surface area contributed by atoms with Crippen LogP contribution in [0.4, 0.5) is 17.2 Å². The Balaban J connectivity index is 1.32. The first kappa shape index (κ1) is 22.0. The second-order valence-corrected chi connectivity index (χ2v) is 7.45. The van der Waals surface area contributed by atoms with Gasteiger partial charge in [-0.05, 0) is 61.0 Å². The van der Waals surface area contributed by atoms with E-state index in [1.165, 1.54) is 6.33 Å². The highest BCUT2D eigenvalue weighted by Gasteiger charge is 2.07. The first-order valence-electron chi connectivity index (χ1n) is 10.9. The molecular formula is C25H26N6O2. The number of hydrogen-bond acceptors (Lipinski definition) is 6. The Morgan fingerprint density at radius 3 is 2.52 bits per heavy atom. The predicted octanol–water partition coefficient (Wildman–Crippen LogP) is 5.23. The number of carbonyl (C=O) groups is 1. The van der Waals surface area contributed by atoms with Crippen molar-refractivity contribution in [1.82, 2.24) is 19.7 Å². The van der Waals surface area contributed by atoms with E-state index in [4.69, 9.17) is 4.74 Å². The van der Waals surface area contributed by atoms with Gasteiger partial charge < -0.3 is 15.4 Å². The highest BCUT2D eigenvalue weighted by molar-refractivity contribution is 6.04. The smallest absolute Gasteiger partial charge is 0.255 e. The third kappa shape index (κ3) is 6.16. The molecule has 0 aliphatic rings. The molecule has 2 heterocycles. The average Bonchev–Trinajstić information content (AvgIpc) is 3.39. The molecule has 0 aliphatic carbocycles. The summed E-state index contributed by atoms with van der Waals surface area (Å²) in [5.41, 5.74) is 2.11. The summed E-state index contributed by atoms with van der Waals surface area (Å²) in [4.78, 5) is 21.0. The molecule has 0 radical (unpaired) electrons. The van der Waals surface area contributed by atoms with Gasteiger partial charge in [0.15, 0.2) is 5.82 Å². The van der Waals surface area contributed by atoms with E-state index in [1.54, 1.807) is 29.1 Å². The molecule has 4 rings (SSSR count). The van der Waals surface area contributed by atoms with Gasteiger partial charge in [-0.25, -0.2) is 14.6 Å². The van der Waals surface area contributed by atoms with E-state index < -0.39 is 0 Å². The van der Waals surface area contributed by atoms with Gasteiger partial charge in [-0.2, -0.15) is 5.10 Å². The summed E-state index contributed by atoms with van der Waals surface area (Å²) in [7, 11) is 0. The Morgan fingerprint density at radius 2 is 1.79 bits per heavy atom. The molecule has 2 aromatic carbocycles. The maximum atomic E-state index is 12.6. The van der Waals surface area contributed by atoms with E-state index in [-0.39, 0.29) is 5.91 Å². The number of ether oxygens (including phenoxy) is 1. The van der Waals surface area contributed by atoms with Gasteiger partial charge in [-0.15, -0.1) is 0 Å². The third-order valence-corrected chi connectivity index (χ3v) is 4.94. The van der Waals surface area contributed by atoms with Gasteiger partial charge in [0.05, 0.1) is 6.61 Å². The SMILES string of the molecule is CCCCCOc1ccc(C(=O)Nc2ccc(Nc3cc(-n4cccn4)ncn3)cc2)cc1. The molecule has 4 aromatic rings. The second-order valence-electron chi connectivity index (χ2n) is 7.45. The van der Waals surface area contributed by atoms with E-state index in [0.717, 1.165) is 30.7 Å². The Bertz CT molecular complexity index is 1160. The van der Waals surface area contributed by atoms with Gasteiger partial charge in [-0.3, -0.25) is 4.79 Å². The molecule has 2 N–H and O–H groups in total. The molecule has 33 heavy (non-hydrogen) atoms. The minimum absolute atomic E-state index is 0.173. The molecule has 168 valence electrons. The highest BCUT2D eigenvalue weighted by Crippen LogP contribution is 2.20. The minimum atomic E-state index is -0.173. The molecule has 0 spiro atoms. The first-order valence-corrected chi connectivity index (χ1v) is 10.9. The number of aromatic nitrogens is 4. The molecule has 0 fully saturated rings. The number of carbonyl (C=O) groups excluding carboxylic acids is 1. The number of hydrogen-bond donors (Lipinski definition) is 2. The first-order chi connectivity index (χ1) is 16.2. The largest absolute Gasteiger partial charge is 0.494 e. The number of amides is 1. The standard InChI is InChI=1S/C25H26N6O2/c1-2-3-4-16-33-22-12-6-19(7-13-22)25(32)30-21-10-8-20(9-11-21)29-23-17-24(27-18-26-23)31-15-5-14-28-31/h5-15,17-18H,2-4,16H2,1H3,(H,30,32)(H,26,27,29). The van der Waals surface area contributed by atoms with Gasteiger partial charge in [0, 0.05) is 35.4 Å². The number of benzene rings is 2. The molecule has 0 unspecified atom stereocenters. The highest BCUT2D eigenvalue weighted by atomic mass is 16.5. The summed E-state index contributed by atoms with van der Waals surface area (Å²) in [5.74, 6) is 1.91. The fourth-order valence-corrected chi connectivity index (χ4v) is 3.18. The van der Waals surface area contributed by atoms with Crippen molar-refractivity contribution in [2.45, 2.75) is 26.2 Å². The molecule has 2 aromatic heterocycles. The van der Waals surface area contributed by atoms with Crippen LogP contribution in [0.1, 0.15) is 36.5 Å². The van der Waals surface area contributed by atoms with E-state index >= 15 is 0 Å². The Morgan fingerprint density at radius 1 is 1.00 bits per heavy atom. The van der Waals surface area contributed by atoms with Crippen LogP contribution in [0, 0.1) is 0 Å². The molecule has 0 bridgehead atoms. The topological polar surface area (TPSA) is 94.0 Å². The number of rotatable bonds is 10. The van der Waals surface area contributed by atoms with Gasteiger partial charge >= 0.3 is 0 Å². The molecule has 0 saturated heterocycles. The zero-order valence-electron chi connectivity index (χ0n) is 18.4. The average molecular weight is 443 g/mol. The van der Waals surface area contributed by atoms with E-state index in [0.29, 0.717) is 29.5 Å². The van der Waals surface area contributed by atoms with Crippen molar-refractivity contribution in [3.63, 3.8) is 0 Å². The van der Waals surface area contributed by atoms with E-state index in [1.807, 2.05) is 48.7 Å². The zero-order chi connectivity index (χ0) is 22.9. The fourth-order valence-electron chi connectivity index (χ4n) is 3.18. The summed E-state index contributed by atoms with van der Waals surface area (Å²) >= 11 is 0. The minimum Gasteiger partial charge on any atom is -0.494 e. The van der Waals surface area contributed by atoms with Crippen LogP contribution in [0.25, 0.3) is 5.82 Å². The van der Waals surface area contributed by atoms with Gasteiger partial charge in [0.1, 0.15) is 17.9 Å². The van der Waals surface area contributed by atoms with Crippen LogP contribution in [0.2, 0.25) is 0 Å². The summed E-state index contributed by atoms with van der Waals surface area (Å²) in [6.07, 6.45) is 8.34. The van der Waals surface area contributed by atoms with Crippen molar-refractivity contribution in [1.29, 1.82) is 0 Å². The van der Waals surface area contributed by atoms with Crippen LogP contribution in [0.3, 0.4) is 0 Å². The Kier molecular flexibility index (Phi) is 7.27. The summed E-state index contributed by atoms with van der Waals surface area (Å²) < 4.78 is 7.36. The van der Waals surface area contributed by atoms with Crippen molar-refractivity contribution < 1.29 is 9.53 Å². The molecule has 8 heteroatoms. The van der Waals surface area contributed by atoms with Crippen molar-refractivity contribution >= 4 is 23.1 Å². The maximum absolute atomic E-state index is 12.6. The fraction of sp³-hybridized carbons (Fsp3) is 0.200. The van der Waals surface area contributed by atoms with E-state index in [9.17, 15) is 4.79 Å². The summed E-state index contributed by atoms with van der Waals surface area (Å²) in [6, 6.07) is 18.2. The maximum Gasteiger partial charge on any atom is 0.255 e. The monoisotopic (exact) mass is 442 g/mol. The van der Waals surface area contributed by atoms with Crippen molar-refractivity contribution in [3.05, 3.63) is 84.9 Å². The number of unbranched alkanes of at least 4 members (excludes halogenated alkanes) is 2. The normalized spacial score (nSPS) is 10.6. The van der Waals surface area contributed by atoms with Crippen LogP contribution in [0.5, 0.6) is 5.75 Å². The quantitative estimate of drug-likeness (QED) is 0.327. The van der Waals surface area contributed by atoms with Crippen molar-refractivity contribution in [2.75, 3.05) is 17.2 Å². The van der Waals surface area contributed by atoms with Crippen molar-refractivity contribution in [2.24, 2.45) is 0 Å². The van der Waals surface area contributed by atoms with Crippen molar-refractivity contribution in [3.8, 4) is 11.6 Å². The summed E-state index contributed by atoms with van der Waals surface area (Å²) in [6.45, 7) is 2.85. The van der Waals surface area contributed by atoms with Gasteiger partial charge in [0.25, 0.3) is 5.91 Å². The van der Waals surface area contributed by atoms with Crippen LogP contribution in [-0.4, -0.2) is 32.3 Å². The van der Waals surface area contributed by atoms with Crippen LogP contribution < -0.4 is 15.4 Å². The number of anilines is 3. The predicted molar refractivity (Wildman–Crippen MR) is 128 cm³/mol. The number of nitrogens with zero attached hydrogens (tertiary/aromatic N) is 4. The molecule has 1 amide bonds. The molecule has 0 aliphatic heterocycles. The second kappa shape index (κ2) is 10.9. The van der Waals surface area contributed by atoms with Gasteiger partial charge in [-0.1, -0.05) is 19.8 Å². The lowest BCUT2D eigenvalue weighted by Crippen LogP contribution is -2.11. The zero-order valence-corrected chi connectivity index (χ0v) is 18.4. The lowest BCUT2D eigenvalue weighted by molar-refractivity contribution is 0.102. The molecule has 0 saturated carbocycles. The lowest BCUT2D eigenvalue weighted by atomic mass is 10.2. The van der Waals surface area contributed by atoms with Crippen LogP contribution >= 0.6 is 0 Å². The number of nitrogens with one attached hydrogen (secondary N) is 2. The lowest BCUT2D eigenvalue weighted by Gasteiger charge is -2.10. The molecule has 8 nitrogen and oxygen atoms in total.